The molecule has 0 amide bonds. The first-order valence-electron chi connectivity index (χ1n) is 4.97. The summed E-state index contributed by atoms with van der Waals surface area (Å²) in [5.41, 5.74) is 0.844. The van der Waals surface area contributed by atoms with Crippen molar-refractivity contribution in [3.8, 4) is 5.75 Å². The number of carbonyl (C=O) groups excluding carboxylic acids is 1. The Bertz CT molecular complexity index is 421. The van der Waals surface area contributed by atoms with E-state index in [2.05, 4.69) is 0 Å². The highest BCUT2D eigenvalue weighted by Gasteiger charge is 2.13. The third-order valence-electron chi connectivity index (χ3n) is 2.12. The fourth-order valence-electron chi connectivity index (χ4n) is 1.07. The van der Waals surface area contributed by atoms with E-state index >= 15 is 0 Å². The minimum atomic E-state index is -1.04. The summed E-state index contributed by atoms with van der Waals surface area (Å²) in [5, 5.41) is 8.80. The van der Waals surface area contributed by atoms with E-state index in [1.165, 1.54) is 12.1 Å². The van der Waals surface area contributed by atoms with Crippen LogP contribution in [0.15, 0.2) is 18.2 Å². The first-order chi connectivity index (χ1) is 7.41. The predicted molar refractivity (Wildman–Crippen MR) is 58.6 cm³/mol. The molecule has 1 aromatic carbocycles. The number of benzene rings is 1. The third-order valence-corrected chi connectivity index (χ3v) is 2.12. The molecule has 0 heterocycles. The van der Waals surface area contributed by atoms with Gasteiger partial charge in [0.25, 0.3) is 0 Å². The van der Waals surface area contributed by atoms with Crippen LogP contribution in [0.2, 0.25) is 0 Å². The number of ether oxygens (including phenoxy) is 1. The summed E-state index contributed by atoms with van der Waals surface area (Å²) in [5.74, 6) is -1.35. The number of hydrogen-bond donors (Lipinski definition) is 1. The van der Waals surface area contributed by atoms with E-state index in [9.17, 15) is 9.59 Å². The molecule has 0 atom stereocenters. The summed E-state index contributed by atoms with van der Waals surface area (Å²) >= 11 is 0. The van der Waals surface area contributed by atoms with Crippen molar-refractivity contribution in [3.63, 3.8) is 0 Å². The van der Waals surface area contributed by atoms with E-state index in [-0.39, 0.29) is 17.5 Å². The van der Waals surface area contributed by atoms with Crippen LogP contribution in [0.3, 0.4) is 0 Å². The number of carboxylic acid groups (broad SMARTS) is 1. The maximum Gasteiger partial charge on any atom is 0.335 e. The van der Waals surface area contributed by atoms with Crippen LogP contribution < -0.4 is 4.74 Å². The van der Waals surface area contributed by atoms with Gasteiger partial charge in [-0.2, -0.15) is 0 Å². The minimum absolute atomic E-state index is 0.108. The molecule has 4 nitrogen and oxygen atoms in total. The van der Waals surface area contributed by atoms with Crippen molar-refractivity contribution in [2.75, 3.05) is 0 Å². The first kappa shape index (κ1) is 12.2. The lowest BCUT2D eigenvalue weighted by Crippen LogP contribution is -2.15. The average molecular weight is 222 g/mol. The van der Waals surface area contributed by atoms with Crippen LogP contribution >= 0.6 is 0 Å². The molecule has 86 valence electrons. The zero-order valence-corrected chi connectivity index (χ0v) is 9.48. The molecule has 0 saturated heterocycles. The molecule has 0 fully saturated rings. The standard InChI is InChI=1S/C12H14O4/c1-7(2)12(15)16-10-6-9(11(13)14)5-4-8(10)3/h4-7H,1-3H3,(H,13,14). The molecule has 0 unspecified atom stereocenters. The third kappa shape index (κ3) is 2.82. The van der Waals surface area contributed by atoms with Gasteiger partial charge in [-0.25, -0.2) is 4.79 Å². The Hall–Kier alpha value is -1.84. The van der Waals surface area contributed by atoms with E-state index in [0.717, 1.165) is 5.56 Å². The second-order valence-corrected chi connectivity index (χ2v) is 3.86. The monoisotopic (exact) mass is 222 g/mol. The molecule has 0 aliphatic carbocycles. The summed E-state index contributed by atoms with van der Waals surface area (Å²) in [6, 6.07) is 4.45. The lowest BCUT2D eigenvalue weighted by Gasteiger charge is -2.09. The highest BCUT2D eigenvalue weighted by atomic mass is 16.5. The lowest BCUT2D eigenvalue weighted by molar-refractivity contribution is -0.137. The summed E-state index contributed by atoms with van der Waals surface area (Å²) < 4.78 is 5.10. The molecule has 4 heteroatoms. The Kier molecular flexibility index (Phi) is 3.66. The van der Waals surface area contributed by atoms with Crippen molar-refractivity contribution >= 4 is 11.9 Å². The molecule has 0 radical (unpaired) electrons. The molecule has 1 aromatic rings. The van der Waals surface area contributed by atoms with Crippen molar-refractivity contribution in [1.29, 1.82) is 0 Å². The lowest BCUT2D eigenvalue weighted by atomic mass is 10.1. The Morgan fingerprint density at radius 3 is 2.44 bits per heavy atom. The van der Waals surface area contributed by atoms with Gasteiger partial charge < -0.3 is 9.84 Å². The fraction of sp³-hybridized carbons (Fsp3) is 0.333. The van der Waals surface area contributed by atoms with Gasteiger partial charge in [-0.15, -0.1) is 0 Å². The van der Waals surface area contributed by atoms with E-state index < -0.39 is 5.97 Å². The number of esters is 1. The normalized spacial score (nSPS) is 10.2. The van der Waals surface area contributed by atoms with E-state index in [0.29, 0.717) is 5.75 Å². The van der Waals surface area contributed by atoms with Gasteiger partial charge in [-0.1, -0.05) is 19.9 Å². The van der Waals surface area contributed by atoms with Crippen molar-refractivity contribution in [1.82, 2.24) is 0 Å². The number of rotatable bonds is 3. The van der Waals surface area contributed by atoms with Crippen molar-refractivity contribution in [3.05, 3.63) is 29.3 Å². The number of carboxylic acids is 1. The molecule has 16 heavy (non-hydrogen) atoms. The largest absolute Gasteiger partial charge is 0.478 e. The van der Waals surface area contributed by atoms with Gasteiger partial charge in [0.2, 0.25) is 0 Å². The highest BCUT2D eigenvalue weighted by Crippen LogP contribution is 2.20. The van der Waals surface area contributed by atoms with E-state index in [4.69, 9.17) is 9.84 Å². The van der Waals surface area contributed by atoms with Crippen LogP contribution in [0, 0.1) is 12.8 Å². The topological polar surface area (TPSA) is 63.6 Å². The summed E-state index contributed by atoms with van der Waals surface area (Å²) in [4.78, 5) is 22.1. The van der Waals surface area contributed by atoms with Gasteiger partial charge in [0.1, 0.15) is 5.75 Å². The van der Waals surface area contributed by atoms with Crippen LogP contribution in [-0.4, -0.2) is 17.0 Å². The average Bonchev–Trinajstić information content (AvgIpc) is 2.20. The summed E-state index contributed by atoms with van der Waals surface area (Å²) in [6.07, 6.45) is 0. The van der Waals surface area contributed by atoms with Gasteiger partial charge >= 0.3 is 11.9 Å². The van der Waals surface area contributed by atoms with Crippen molar-refractivity contribution in [2.45, 2.75) is 20.8 Å². The quantitative estimate of drug-likeness (QED) is 0.629. The maximum absolute atomic E-state index is 11.4. The Balaban J connectivity index is 2.99. The molecule has 1 N–H and O–H groups in total. The van der Waals surface area contributed by atoms with Crippen LogP contribution in [-0.2, 0) is 4.79 Å². The fourth-order valence-corrected chi connectivity index (χ4v) is 1.07. The molecule has 0 saturated carbocycles. The maximum atomic E-state index is 11.4. The van der Waals surface area contributed by atoms with E-state index in [1.807, 2.05) is 0 Å². The molecule has 0 bridgehead atoms. The number of aromatic carboxylic acids is 1. The predicted octanol–water partition coefficient (Wildman–Crippen LogP) is 2.25. The molecule has 0 aliphatic rings. The second kappa shape index (κ2) is 4.79. The molecular weight excluding hydrogens is 208 g/mol. The van der Waals surface area contributed by atoms with Gasteiger partial charge in [0.05, 0.1) is 11.5 Å². The zero-order valence-electron chi connectivity index (χ0n) is 9.48. The smallest absolute Gasteiger partial charge is 0.335 e. The van der Waals surface area contributed by atoms with Crippen LogP contribution in [0.5, 0.6) is 5.75 Å². The van der Waals surface area contributed by atoms with Crippen molar-refractivity contribution < 1.29 is 19.4 Å². The Labute approximate surface area is 93.9 Å². The van der Waals surface area contributed by atoms with Gasteiger partial charge in [-0.05, 0) is 24.6 Å². The van der Waals surface area contributed by atoms with Crippen LogP contribution in [0.1, 0.15) is 29.8 Å². The van der Waals surface area contributed by atoms with Crippen LogP contribution in [0.25, 0.3) is 0 Å². The van der Waals surface area contributed by atoms with Gasteiger partial charge in [0, 0.05) is 0 Å². The SMILES string of the molecule is Cc1ccc(C(=O)O)cc1OC(=O)C(C)C. The zero-order chi connectivity index (χ0) is 12.3. The van der Waals surface area contributed by atoms with Gasteiger partial charge in [0.15, 0.2) is 0 Å². The molecule has 0 aliphatic heterocycles. The number of hydrogen-bond acceptors (Lipinski definition) is 3. The van der Waals surface area contributed by atoms with Gasteiger partial charge in [-0.3, -0.25) is 4.79 Å². The number of carbonyl (C=O) groups is 2. The van der Waals surface area contributed by atoms with Crippen molar-refractivity contribution in [2.24, 2.45) is 5.92 Å². The highest BCUT2D eigenvalue weighted by molar-refractivity contribution is 5.88. The molecular formula is C12H14O4. The molecule has 0 aromatic heterocycles. The molecule has 0 spiro atoms. The second-order valence-electron chi connectivity index (χ2n) is 3.86. The first-order valence-corrected chi connectivity index (χ1v) is 4.97. The number of aryl methyl sites for hydroxylation is 1. The Morgan fingerprint density at radius 2 is 1.94 bits per heavy atom. The van der Waals surface area contributed by atoms with Crippen LogP contribution in [0.4, 0.5) is 0 Å². The Morgan fingerprint density at radius 1 is 1.31 bits per heavy atom. The minimum Gasteiger partial charge on any atom is -0.478 e. The summed E-state index contributed by atoms with van der Waals surface area (Å²) in [6.45, 7) is 5.20. The van der Waals surface area contributed by atoms with E-state index in [1.54, 1.807) is 26.8 Å². The summed E-state index contributed by atoms with van der Waals surface area (Å²) in [7, 11) is 0. The molecule has 1 rings (SSSR count).